The van der Waals surface area contributed by atoms with E-state index in [-0.39, 0.29) is 0 Å². The number of fused-ring (bicyclic) bond motifs is 2. The van der Waals surface area contributed by atoms with E-state index in [0.717, 1.165) is 38.2 Å². The van der Waals surface area contributed by atoms with Gasteiger partial charge in [0.05, 0.1) is 6.10 Å². The summed E-state index contributed by atoms with van der Waals surface area (Å²) in [6.07, 6.45) is 6.54. The Hall–Kier alpha value is -0.900. The molecule has 2 bridgehead atoms. The summed E-state index contributed by atoms with van der Waals surface area (Å²) in [4.78, 5) is 2.71. The van der Waals surface area contributed by atoms with Crippen LogP contribution < -0.4 is 5.73 Å². The Morgan fingerprint density at radius 3 is 2.45 bits per heavy atom. The van der Waals surface area contributed by atoms with Crippen molar-refractivity contribution >= 4 is 0 Å². The topological polar surface area (TPSA) is 38.5 Å². The number of nitrogens with two attached hydrogens (primary N) is 1. The second-order valence-electron chi connectivity index (χ2n) is 6.15. The van der Waals surface area contributed by atoms with Gasteiger partial charge in [0.25, 0.3) is 0 Å². The number of rotatable bonds is 6. The van der Waals surface area contributed by atoms with Crippen LogP contribution in [-0.4, -0.2) is 36.2 Å². The molecular formula is C17H26N2O. The van der Waals surface area contributed by atoms with Crippen LogP contribution in [0.3, 0.4) is 0 Å². The van der Waals surface area contributed by atoms with Crippen molar-refractivity contribution in [3.05, 3.63) is 35.9 Å². The monoisotopic (exact) mass is 274 g/mol. The minimum atomic E-state index is 0.464. The molecule has 3 nitrogen and oxygen atoms in total. The molecular weight excluding hydrogens is 248 g/mol. The number of hydrogen-bond acceptors (Lipinski definition) is 3. The van der Waals surface area contributed by atoms with Gasteiger partial charge in [-0.25, -0.2) is 0 Å². The molecule has 2 fully saturated rings. The van der Waals surface area contributed by atoms with Crippen molar-refractivity contribution in [2.45, 2.75) is 56.8 Å². The summed E-state index contributed by atoms with van der Waals surface area (Å²) in [7, 11) is 0. The van der Waals surface area contributed by atoms with Gasteiger partial charge in [-0.2, -0.15) is 0 Å². The molecule has 1 aromatic rings. The molecule has 2 unspecified atom stereocenters. The quantitative estimate of drug-likeness (QED) is 0.810. The molecule has 2 saturated heterocycles. The second kappa shape index (κ2) is 6.70. The highest BCUT2D eigenvalue weighted by atomic mass is 16.5. The Morgan fingerprint density at radius 1 is 1.10 bits per heavy atom. The zero-order chi connectivity index (χ0) is 13.8. The van der Waals surface area contributed by atoms with Crippen LogP contribution in [0.5, 0.6) is 0 Å². The van der Waals surface area contributed by atoms with Crippen molar-refractivity contribution < 1.29 is 4.74 Å². The van der Waals surface area contributed by atoms with E-state index in [1.807, 2.05) is 0 Å². The van der Waals surface area contributed by atoms with E-state index in [9.17, 15) is 0 Å². The van der Waals surface area contributed by atoms with Crippen molar-refractivity contribution in [1.29, 1.82) is 0 Å². The summed E-state index contributed by atoms with van der Waals surface area (Å²) in [5.41, 5.74) is 6.97. The van der Waals surface area contributed by atoms with E-state index >= 15 is 0 Å². The van der Waals surface area contributed by atoms with E-state index in [4.69, 9.17) is 10.5 Å². The lowest BCUT2D eigenvalue weighted by Gasteiger charge is -2.38. The van der Waals surface area contributed by atoms with Gasteiger partial charge in [0, 0.05) is 25.2 Å². The number of benzene rings is 1. The smallest absolute Gasteiger partial charge is 0.0605 e. The van der Waals surface area contributed by atoms with E-state index < -0.39 is 0 Å². The van der Waals surface area contributed by atoms with Gasteiger partial charge in [-0.05, 0) is 44.2 Å². The Balaban J connectivity index is 1.55. The molecule has 3 heteroatoms. The van der Waals surface area contributed by atoms with Crippen LogP contribution in [0.4, 0.5) is 0 Å². The highest BCUT2D eigenvalue weighted by molar-refractivity contribution is 5.15. The normalized spacial score (nSPS) is 29.8. The van der Waals surface area contributed by atoms with Gasteiger partial charge in [-0.3, -0.25) is 4.90 Å². The first kappa shape index (κ1) is 14.1. The molecule has 2 N–H and O–H groups in total. The van der Waals surface area contributed by atoms with Crippen LogP contribution in [0.2, 0.25) is 0 Å². The molecule has 0 amide bonds. The second-order valence-corrected chi connectivity index (χ2v) is 6.15. The predicted octanol–water partition coefficient (Wildman–Crippen LogP) is 2.55. The average molecular weight is 274 g/mol. The van der Waals surface area contributed by atoms with E-state index in [2.05, 4.69) is 35.2 Å². The first-order chi connectivity index (χ1) is 9.86. The summed E-state index contributed by atoms with van der Waals surface area (Å²) < 4.78 is 6.00. The third-order valence-corrected chi connectivity index (χ3v) is 4.75. The minimum absolute atomic E-state index is 0.464. The lowest BCUT2D eigenvalue weighted by atomic mass is 9.98. The molecule has 2 atom stereocenters. The highest BCUT2D eigenvalue weighted by Gasteiger charge is 2.40. The van der Waals surface area contributed by atoms with Crippen LogP contribution in [0.25, 0.3) is 0 Å². The zero-order valence-electron chi connectivity index (χ0n) is 12.2. The average Bonchev–Trinajstić information content (AvgIpc) is 2.72. The van der Waals surface area contributed by atoms with E-state index in [1.165, 1.54) is 31.2 Å². The Bertz CT molecular complexity index is 395. The minimum Gasteiger partial charge on any atom is -0.378 e. The molecule has 0 radical (unpaired) electrons. The van der Waals surface area contributed by atoms with Gasteiger partial charge in [0.15, 0.2) is 0 Å². The fourth-order valence-electron chi connectivity index (χ4n) is 3.75. The molecule has 2 heterocycles. The van der Waals surface area contributed by atoms with Crippen molar-refractivity contribution in [3.63, 3.8) is 0 Å². The molecule has 20 heavy (non-hydrogen) atoms. The SMILES string of the molecule is NCCCOC1CC2CCC(C1)N2Cc1ccccc1. The maximum absolute atomic E-state index is 6.00. The molecule has 0 spiro atoms. The molecule has 1 aromatic carbocycles. The third-order valence-electron chi connectivity index (χ3n) is 4.75. The first-order valence-corrected chi connectivity index (χ1v) is 7.98. The molecule has 0 saturated carbocycles. The van der Waals surface area contributed by atoms with Crippen LogP contribution >= 0.6 is 0 Å². The van der Waals surface area contributed by atoms with Crippen LogP contribution in [0, 0.1) is 0 Å². The molecule has 2 aliphatic heterocycles. The molecule has 0 aliphatic carbocycles. The highest BCUT2D eigenvalue weighted by Crippen LogP contribution is 2.37. The fourth-order valence-corrected chi connectivity index (χ4v) is 3.75. The number of hydrogen-bond donors (Lipinski definition) is 1. The standard InChI is InChI=1S/C17H26N2O/c18-9-4-10-20-17-11-15-7-8-16(12-17)19(15)13-14-5-2-1-3-6-14/h1-3,5-6,15-17H,4,7-13,18H2. The molecule has 0 aromatic heterocycles. The lowest BCUT2D eigenvalue weighted by molar-refractivity contribution is -0.0226. The van der Waals surface area contributed by atoms with Crippen molar-refractivity contribution in [1.82, 2.24) is 4.90 Å². The number of piperidine rings is 1. The largest absolute Gasteiger partial charge is 0.378 e. The van der Waals surface area contributed by atoms with E-state index in [0.29, 0.717) is 6.10 Å². The maximum Gasteiger partial charge on any atom is 0.0605 e. The maximum atomic E-state index is 6.00. The van der Waals surface area contributed by atoms with Crippen molar-refractivity contribution in [2.75, 3.05) is 13.2 Å². The Morgan fingerprint density at radius 2 is 1.80 bits per heavy atom. The third kappa shape index (κ3) is 3.22. The van der Waals surface area contributed by atoms with Gasteiger partial charge in [0.2, 0.25) is 0 Å². The predicted molar refractivity (Wildman–Crippen MR) is 81.4 cm³/mol. The summed E-state index contributed by atoms with van der Waals surface area (Å²) in [5.74, 6) is 0. The van der Waals surface area contributed by atoms with E-state index in [1.54, 1.807) is 0 Å². The van der Waals surface area contributed by atoms with Gasteiger partial charge in [0.1, 0.15) is 0 Å². The summed E-state index contributed by atoms with van der Waals surface area (Å²) in [5, 5.41) is 0. The van der Waals surface area contributed by atoms with Crippen molar-refractivity contribution in [3.8, 4) is 0 Å². The number of ether oxygens (including phenoxy) is 1. The van der Waals surface area contributed by atoms with Crippen LogP contribution in [0.1, 0.15) is 37.7 Å². The van der Waals surface area contributed by atoms with Gasteiger partial charge in [-0.15, -0.1) is 0 Å². The number of nitrogens with zero attached hydrogens (tertiary/aromatic N) is 1. The Kier molecular flexibility index (Phi) is 4.71. The van der Waals surface area contributed by atoms with Gasteiger partial charge >= 0.3 is 0 Å². The van der Waals surface area contributed by atoms with Gasteiger partial charge < -0.3 is 10.5 Å². The zero-order valence-corrected chi connectivity index (χ0v) is 12.2. The molecule has 110 valence electrons. The molecule has 2 aliphatic rings. The first-order valence-electron chi connectivity index (χ1n) is 7.98. The summed E-state index contributed by atoms with van der Waals surface area (Å²) in [6.45, 7) is 2.67. The lowest BCUT2D eigenvalue weighted by Crippen LogP contribution is -2.44. The summed E-state index contributed by atoms with van der Waals surface area (Å²) in [6, 6.07) is 12.3. The molecule has 3 rings (SSSR count). The summed E-state index contributed by atoms with van der Waals surface area (Å²) >= 11 is 0. The van der Waals surface area contributed by atoms with Crippen LogP contribution in [-0.2, 0) is 11.3 Å². The van der Waals surface area contributed by atoms with Crippen molar-refractivity contribution in [2.24, 2.45) is 5.73 Å². The van der Waals surface area contributed by atoms with Gasteiger partial charge in [-0.1, -0.05) is 30.3 Å². The van der Waals surface area contributed by atoms with Crippen LogP contribution in [0.15, 0.2) is 30.3 Å². The Labute approximate surface area is 122 Å². The fraction of sp³-hybridized carbons (Fsp3) is 0.647.